The Kier molecular flexibility index (Phi) is 4.65. The van der Waals surface area contributed by atoms with Gasteiger partial charge in [-0.05, 0) is 25.5 Å². The van der Waals surface area contributed by atoms with Crippen LogP contribution in [0.5, 0.6) is 0 Å². The third-order valence-electron chi connectivity index (χ3n) is 3.75. The molecular formula is C17H19NO4. The van der Waals surface area contributed by atoms with Gasteiger partial charge in [-0.1, -0.05) is 30.3 Å². The van der Waals surface area contributed by atoms with Gasteiger partial charge in [-0.2, -0.15) is 0 Å². The normalized spacial score (nSPS) is 13.2. The van der Waals surface area contributed by atoms with E-state index in [1.54, 1.807) is 19.9 Å². The van der Waals surface area contributed by atoms with Crippen LogP contribution in [0.25, 0.3) is 0 Å². The molecule has 0 aliphatic carbocycles. The Labute approximate surface area is 129 Å². The molecule has 0 saturated carbocycles. The van der Waals surface area contributed by atoms with Crippen LogP contribution in [0, 0.1) is 6.92 Å². The van der Waals surface area contributed by atoms with Crippen molar-refractivity contribution in [2.45, 2.75) is 19.3 Å². The molecule has 0 fully saturated rings. The van der Waals surface area contributed by atoms with Crippen molar-refractivity contribution in [3.8, 4) is 0 Å². The van der Waals surface area contributed by atoms with Crippen LogP contribution in [0.15, 0.2) is 47.1 Å². The quantitative estimate of drug-likeness (QED) is 0.861. The number of carbonyl (C=O) groups is 2. The zero-order valence-electron chi connectivity index (χ0n) is 12.9. The molecule has 116 valence electrons. The van der Waals surface area contributed by atoms with E-state index in [-0.39, 0.29) is 12.5 Å². The molecule has 0 spiro atoms. The van der Waals surface area contributed by atoms with Crippen molar-refractivity contribution in [1.82, 2.24) is 5.32 Å². The van der Waals surface area contributed by atoms with Crippen LogP contribution in [-0.4, -0.2) is 25.5 Å². The van der Waals surface area contributed by atoms with Gasteiger partial charge >= 0.3 is 5.97 Å². The number of aryl methyl sites for hydroxylation is 1. The number of benzene rings is 1. The van der Waals surface area contributed by atoms with Crippen LogP contribution in [0.1, 0.15) is 28.6 Å². The minimum atomic E-state index is -0.955. The van der Waals surface area contributed by atoms with E-state index in [1.807, 2.05) is 30.3 Å². The summed E-state index contributed by atoms with van der Waals surface area (Å²) in [5, 5.41) is 2.78. The summed E-state index contributed by atoms with van der Waals surface area (Å²) in [7, 11) is 1.34. The number of esters is 1. The summed E-state index contributed by atoms with van der Waals surface area (Å²) in [6.45, 7) is 3.59. The average molecular weight is 301 g/mol. The molecule has 22 heavy (non-hydrogen) atoms. The summed E-state index contributed by atoms with van der Waals surface area (Å²) >= 11 is 0. The molecule has 0 aliphatic heterocycles. The predicted molar refractivity (Wildman–Crippen MR) is 81.6 cm³/mol. The lowest BCUT2D eigenvalue weighted by atomic mass is 9.82. The van der Waals surface area contributed by atoms with Gasteiger partial charge in [0.2, 0.25) is 0 Å². The number of furan rings is 1. The molecule has 0 radical (unpaired) electrons. The molecule has 1 unspecified atom stereocenters. The lowest BCUT2D eigenvalue weighted by Gasteiger charge is -2.27. The molecule has 1 aromatic heterocycles. The molecular weight excluding hydrogens is 282 g/mol. The van der Waals surface area contributed by atoms with E-state index in [0.717, 1.165) is 5.56 Å². The molecule has 2 rings (SSSR count). The van der Waals surface area contributed by atoms with Gasteiger partial charge in [0.05, 0.1) is 18.9 Å². The first-order valence-electron chi connectivity index (χ1n) is 6.95. The van der Waals surface area contributed by atoms with Crippen molar-refractivity contribution >= 4 is 11.9 Å². The van der Waals surface area contributed by atoms with E-state index in [9.17, 15) is 9.59 Å². The number of amides is 1. The number of methoxy groups -OCH3 is 1. The Morgan fingerprint density at radius 2 is 1.91 bits per heavy atom. The van der Waals surface area contributed by atoms with Crippen molar-refractivity contribution in [1.29, 1.82) is 0 Å². The van der Waals surface area contributed by atoms with Gasteiger partial charge in [-0.3, -0.25) is 9.59 Å². The highest BCUT2D eigenvalue weighted by atomic mass is 16.5. The van der Waals surface area contributed by atoms with Crippen molar-refractivity contribution in [2.75, 3.05) is 13.7 Å². The maximum absolute atomic E-state index is 12.2. The van der Waals surface area contributed by atoms with Gasteiger partial charge in [-0.25, -0.2) is 0 Å². The largest absolute Gasteiger partial charge is 0.469 e. The Balaban J connectivity index is 2.20. The summed E-state index contributed by atoms with van der Waals surface area (Å²) in [4.78, 5) is 24.4. The average Bonchev–Trinajstić information content (AvgIpc) is 2.98. The lowest BCUT2D eigenvalue weighted by molar-refractivity contribution is -0.146. The van der Waals surface area contributed by atoms with Crippen LogP contribution in [0.4, 0.5) is 0 Å². The summed E-state index contributed by atoms with van der Waals surface area (Å²) in [5.74, 6) is -0.141. The lowest BCUT2D eigenvalue weighted by Crippen LogP contribution is -2.45. The number of rotatable bonds is 5. The van der Waals surface area contributed by atoms with Gasteiger partial charge in [-0.15, -0.1) is 0 Å². The van der Waals surface area contributed by atoms with E-state index in [1.165, 1.54) is 13.4 Å². The van der Waals surface area contributed by atoms with Gasteiger partial charge < -0.3 is 14.5 Å². The van der Waals surface area contributed by atoms with Crippen molar-refractivity contribution in [3.05, 3.63) is 59.5 Å². The summed E-state index contributed by atoms with van der Waals surface area (Å²) in [5.41, 5.74) is 0.287. The standard InChI is InChI=1S/C17H19NO4/c1-12-14(9-10-22-12)15(19)18-11-17(2,16(20)21-3)13-7-5-4-6-8-13/h4-10H,11H2,1-3H3,(H,18,19). The molecule has 2 aromatic rings. The molecule has 0 bridgehead atoms. The van der Waals surface area contributed by atoms with Gasteiger partial charge in [0.1, 0.15) is 11.2 Å². The number of ether oxygens (including phenoxy) is 1. The zero-order chi connectivity index (χ0) is 16.2. The number of hydrogen-bond donors (Lipinski definition) is 1. The fourth-order valence-electron chi connectivity index (χ4n) is 2.30. The smallest absolute Gasteiger partial charge is 0.317 e. The van der Waals surface area contributed by atoms with Gasteiger partial charge in [0.15, 0.2) is 0 Å². The number of nitrogens with one attached hydrogen (secondary N) is 1. The third-order valence-corrected chi connectivity index (χ3v) is 3.75. The molecule has 5 nitrogen and oxygen atoms in total. The van der Waals surface area contributed by atoms with E-state index in [4.69, 9.17) is 9.15 Å². The minimum absolute atomic E-state index is 0.132. The van der Waals surface area contributed by atoms with E-state index in [0.29, 0.717) is 11.3 Å². The topological polar surface area (TPSA) is 68.5 Å². The Hall–Kier alpha value is -2.56. The first-order chi connectivity index (χ1) is 10.5. The first kappa shape index (κ1) is 15.8. The van der Waals surface area contributed by atoms with Gasteiger partial charge in [0, 0.05) is 6.54 Å². The van der Waals surface area contributed by atoms with Crippen LogP contribution in [0.2, 0.25) is 0 Å². The zero-order valence-corrected chi connectivity index (χ0v) is 12.9. The van der Waals surface area contributed by atoms with E-state index < -0.39 is 11.4 Å². The predicted octanol–water partition coefficient (Wildman–Crippen LogP) is 2.45. The summed E-state index contributed by atoms with van der Waals surface area (Å²) in [6.07, 6.45) is 1.46. The Bertz CT molecular complexity index is 662. The molecule has 1 aromatic carbocycles. The van der Waals surface area contributed by atoms with Crippen LogP contribution in [0.3, 0.4) is 0 Å². The SMILES string of the molecule is COC(=O)C(C)(CNC(=O)c1ccoc1C)c1ccccc1. The van der Waals surface area contributed by atoms with Crippen molar-refractivity contribution in [2.24, 2.45) is 0 Å². The molecule has 1 N–H and O–H groups in total. The maximum atomic E-state index is 12.2. The molecule has 0 aliphatic rings. The highest BCUT2D eigenvalue weighted by Crippen LogP contribution is 2.24. The van der Waals surface area contributed by atoms with E-state index in [2.05, 4.69) is 5.32 Å². The first-order valence-corrected chi connectivity index (χ1v) is 6.95. The minimum Gasteiger partial charge on any atom is -0.469 e. The van der Waals surface area contributed by atoms with Crippen LogP contribution < -0.4 is 5.32 Å². The van der Waals surface area contributed by atoms with Crippen molar-refractivity contribution < 1.29 is 18.7 Å². The second-order valence-corrected chi connectivity index (χ2v) is 5.26. The molecule has 0 saturated heterocycles. The summed E-state index contributed by atoms with van der Waals surface area (Å²) < 4.78 is 10.0. The third kappa shape index (κ3) is 3.03. The molecule has 5 heteroatoms. The van der Waals surface area contributed by atoms with Crippen LogP contribution in [-0.2, 0) is 14.9 Å². The monoisotopic (exact) mass is 301 g/mol. The van der Waals surface area contributed by atoms with Crippen molar-refractivity contribution in [3.63, 3.8) is 0 Å². The van der Waals surface area contributed by atoms with Gasteiger partial charge in [0.25, 0.3) is 5.91 Å². The molecule has 1 atom stereocenters. The van der Waals surface area contributed by atoms with E-state index >= 15 is 0 Å². The second-order valence-electron chi connectivity index (χ2n) is 5.26. The second kappa shape index (κ2) is 6.47. The highest BCUT2D eigenvalue weighted by molar-refractivity contribution is 5.95. The Morgan fingerprint density at radius 3 is 2.45 bits per heavy atom. The maximum Gasteiger partial charge on any atom is 0.317 e. The number of carbonyl (C=O) groups excluding carboxylic acids is 2. The molecule has 1 amide bonds. The number of hydrogen-bond acceptors (Lipinski definition) is 4. The Morgan fingerprint density at radius 1 is 1.23 bits per heavy atom. The highest BCUT2D eigenvalue weighted by Gasteiger charge is 2.37. The fraction of sp³-hybridized carbons (Fsp3) is 0.294. The summed E-state index contributed by atoms with van der Waals surface area (Å²) in [6, 6.07) is 10.8. The fourth-order valence-corrected chi connectivity index (χ4v) is 2.30. The molecule has 1 heterocycles. The van der Waals surface area contributed by atoms with Crippen LogP contribution >= 0.6 is 0 Å².